The zero-order valence-corrected chi connectivity index (χ0v) is 9.72. The average molecular weight is 212 g/mol. The van der Waals surface area contributed by atoms with Crippen LogP contribution in [0.25, 0.3) is 0 Å². The lowest BCUT2D eigenvalue weighted by molar-refractivity contribution is 0.107. The van der Waals surface area contributed by atoms with Crippen molar-refractivity contribution < 1.29 is 5.11 Å². The molecule has 2 aliphatic rings. The van der Waals surface area contributed by atoms with E-state index in [2.05, 4.69) is 19.1 Å². The second kappa shape index (κ2) is 4.28. The maximum Gasteiger partial charge on any atom is 0.0687 e. The largest absolute Gasteiger partial charge is 0.392 e. The van der Waals surface area contributed by atoms with Crippen molar-refractivity contribution in [1.29, 1.82) is 0 Å². The molecule has 0 aromatic rings. The van der Waals surface area contributed by atoms with Gasteiger partial charge in [-0.15, -0.1) is 0 Å². The molecule has 1 fully saturated rings. The van der Waals surface area contributed by atoms with Gasteiger partial charge in [0, 0.05) is 4.75 Å². The van der Waals surface area contributed by atoms with Gasteiger partial charge in [-0.05, 0) is 50.7 Å². The molecule has 0 bridgehead atoms. The van der Waals surface area contributed by atoms with Crippen LogP contribution in [0.5, 0.6) is 0 Å². The zero-order chi connectivity index (χ0) is 10.0. The van der Waals surface area contributed by atoms with Gasteiger partial charge in [-0.25, -0.2) is 0 Å². The molecule has 0 amide bonds. The molecule has 2 unspecified atom stereocenters. The quantitative estimate of drug-likeness (QED) is 0.726. The van der Waals surface area contributed by atoms with Crippen LogP contribution in [0.3, 0.4) is 0 Å². The first kappa shape index (κ1) is 10.6. The molecule has 80 valence electrons. The highest BCUT2D eigenvalue weighted by Crippen LogP contribution is 2.42. The second-order valence-corrected chi connectivity index (χ2v) is 6.45. The predicted molar refractivity (Wildman–Crippen MR) is 62.6 cm³/mol. The summed E-state index contributed by atoms with van der Waals surface area (Å²) < 4.78 is 0.155. The Balaban J connectivity index is 1.84. The summed E-state index contributed by atoms with van der Waals surface area (Å²) in [5.74, 6) is 1.94. The van der Waals surface area contributed by atoms with Crippen molar-refractivity contribution in [1.82, 2.24) is 0 Å². The van der Waals surface area contributed by atoms with E-state index >= 15 is 0 Å². The molecular formula is C12H20OS. The first-order valence-corrected chi connectivity index (χ1v) is 6.66. The Labute approximate surface area is 91.0 Å². The molecule has 1 aliphatic carbocycles. The molecule has 1 aliphatic heterocycles. The molecule has 0 aromatic heterocycles. The number of allylic oxidation sites excluding steroid dienone is 2. The van der Waals surface area contributed by atoms with Gasteiger partial charge in [0.25, 0.3) is 0 Å². The molecule has 1 heterocycles. The lowest BCUT2D eigenvalue weighted by Gasteiger charge is -2.30. The van der Waals surface area contributed by atoms with Gasteiger partial charge in [0.15, 0.2) is 0 Å². The molecule has 0 saturated carbocycles. The van der Waals surface area contributed by atoms with Gasteiger partial charge in [0.2, 0.25) is 0 Å². The van der Waals surface area contributed by atoms with Crippen LogP contribution in [-0.4, -0.2) is 21.7 Å². The van der Waals surface area contributed by atoms with Crippen LogP contribution in [0, 0.1) is 5.92 Å². The summed E-state index contributed by atoms with van der Waals surface area (Å²) in [4.78, 5) is 0. The Hall–Kier alpha value is 0.0500. The van der Waals surface area contributed by atoms with Crippen LogP contribution in [0.2, 0.25) is 0 Å². The van der Waals surface area contributed by atoms with E-state index in [0.29, 0.717) is 5.92 Å². The molecule has 1 nitrogen and oxygen atoms in total. The highest BCUT2D eigenvalue weighted by atomic mass is 32.2. The molecule has 0 radical (unpaired) electrons. The third-order valence-corrected chi connectivity index (χ3v) is 5.24. The molecule has 2 heteroatoms. The van der Waals surface area contributed by atoms with Gasteiger partial charge in [0.05, 0.1) is 6.10 Å². The molecule has 2 rings (SSSR count). The lowest BCUT2D eigenvalue weighted by Crippen LogP contribution is -2.35. The predicted octanol–water partition coefficient (Wildman–Crippen LogP) is 2.99. The number of aliphatic hydroxyl groups is 1. The van der Waals surface area contributed by atoms with Crippen molar-refractivity contribution in [2.45, 2.75) is 49.9 Å². The summed E-state index contributed by atoms with van der Waals surface area (Å²) in [5, 5.41) is 10.2. The van der Waals surface area contributed by atoms with Crippen LogP contribution < -0.4 is 0 Å². The van der Waals surface area contributed by atoms with Crippen molar-refractivity contribution in [3.8, 4) is 0 Å². The van der Waals surface area contributed by atoms with Gasteiger partial charge in [-0.1, -0.05) is 12.2 Å². The number of rotatable bonds is 3. The second-order valence-electron chi connectivity index (χ2n) is 4.83. The third kappa shape index (κ3) is 2.17. The van der Waals surface area contributed by atoms with Gasteiger partial charge in [0.1, 0.15) is 0 Å². The van der Waals surface area contributed by atoms with E-state index < -0.39 is 0 Å². The van der Waals surface area contributed by atoms with Crippen molar-refractivity contribution in [3.63, 3.8) is 0 Å². The van der Waals surface area contributed by atoms with E-state index in [1.807, 2.05) is 11.8 Å². The Morgan fingerprint density at radius 2 is 2.21 bits per heavy atom. The summed E-state index contributed by atoms with van der Waals surface area (Å²) in [6.07, 6.45) is 10.2. The SMILES string of the molecule is CC1(C(O)CC2CC=CC2)CCCS1. The Morgan fingerprint density at radius 1 is 1.50 bits per heavy atom. The number of thioether (sulfide) groups is 1. The minimum Gasteiger partial charge on any atom is -0.392 e. The van der Waals surface area contributed by atoms with Crippen molar-refractivity contribution in [2.75, 3.05) is 5.75 Å². The molecule has 0 spiro atoms. The van der Waals surface area contributed by atoms with E-state index in [4.69, 9.17) is 0 Å². The fourth-order valence-electron chi connectivity index (χ4n) is 2.49. The Bertz CT molecular complexity index is 210. The fraction of sp³-hybridized carbons (Fsp3) is 0.833. The molecule has 1 saturated heterocycles. The van der Waals surface area contributed by atoms with Gasteiger partial charge in [-0.2, -0.15) is 11.8 Å². The van der Waals surface area contributed by atoms with Crippen LogP contribution in [-0.2, 0) is 0 Å². The Morgan fingerprint density at radius 3 is 2.79 bits per heavy atom. The maximum atomic E-state index is 10.2. The molecule has 14 heavy (non-hydrogen) atoms. The van der Waals surface area contributed by atoms with E-state index in [1.165, 1.54) is 31.4 Å². The zero-order valence-electron chi connectivity index (χ0n) is 8.91. The highest BCUT2D eigenvalue weighted by molar-refractivity contribution is 8.00. The lowest BCUT2D eigenvalue weighted by atomic mass is 9.89. The number of hydrogen-bond acceptors (Lipinski definition) is 2. The monoisotopic (exact) mass is 212 g/mol. The maximum absolute atomic E-state index is 10.2. The highest BCUT2D eigenvalue weighted by Gasteiger charge is 2.37. The van der Waals surface area contributed by atoms with Gasteiger partial charge >= 0.3 is 0 Å². The molecular weight excluding hydrogens is 192 g/mol. The van der Waals surface area contributed by atoms with E-state index in [-0.39, 0.29) is 10.9 Å². The minimum atomic E-state index is -0.0973. The summed E-state index contributed by atoms with van der Waals surface area (Å²) in [7, 11) is 0. The van der Waals surface area contributed by atoms with Crippen LogP contribution in [0.4, 0.5) is 0 Å². The first-order chi connectivity index (χ1) is 6.71. The molecule has 0 aromatic carbocycles. The van der Waals surface area contributed by atoms with Crippen LogP contribution in [0.15, 0.2) is 12.2 Å². The molecule has 1 N–H and O–H groups in total. The summed E-state index contributed by atoms with van der Waals surface area (Å²) >= 11 is 1.97. The van der Waals surface area contributed by atoms with Crippen molar-refractivity contribution in [2.24, 2.45) is 5.92 Å². The normalized spacial score (nSPS) is 35.3. The standard InChI is InChI=1S/C12H20OS/c1-12(7-4-8-14-12)11(13)9-10-5-2-3-6-10/h2-3,10-11,13H,4-9H2,1H3. The van der Waals surface area contributed by atoms with Crippen LogP contribution >= 0.6 is 11.8 Å². The van der Waals surface area contributed by atoms with Crippen molar-refractivity contribution in [3.05, 3.63) is 12.2 Å². The fourth-order valence-corrected chi connectivity index (χ4v) is 3.83. The summed E-state index contributed by atoms with van der Waals surface area (Å²) in [6.45, 7) is 2.23. The Kier molecular flexibility index (Phi) is 3.23. The van der Waals surface area contributed by atoms with E-state index in [9.17, 15) is 5.11 Å². The smallest absolute Gasteiger partial charge is 0.0687 e. The summed E-state index contributed by atoms with van der Waals surface area (Å²) in [5.41, 5.74) is 0. The van der Waals surface area contributed by atoms with E-state index in [1.54, 1.807) is 0 Å². The molecule has 2 atom stereocenters. The van der Waals surface area contributed by atoms with Crippen molar-refractivity contribution >= 4 is 11.8 Å². The average Bonchev–Trinajstić information content (AvgIpc) is 2.76. The minimum absolute atomic E-state index is 0.0973. The third-order valence-electron chi connectivity index (χ3n) is 3.62. The topological polar surface area (TPSA) is 20.2 Å². The number of hydrogen-bond donors (Lipinski definition) is 1. The van der Waals surface area contributed by atoms with Gasteiger partial charge in [-0.3, -0.25) is 0 Å². The number of aliphatic hydroxyl groups excluding tert-OH is 1. The first-order valence-electron chi connectivity index (χ1n) is 5.68. The van der Waals surface area contributed by atoms with Crippen LogP contribution in [0.1, 0.15) is 39.0 Å². The summed E-state index contributed by atoms with van der Waals surface area (Å²) in [6, 6.07) is 0. The van der Waals surface area contributed by atoms with E-state index in [0.717, 1.165) is 6.42 Å². The van der Waals surface area contributed by atoms with Gasteiger partial charge < -0.3 is 5.11 Å².